The molecule has 1 aromatic carbocycles. The number of aromatic nitrogens is 1. The topological polar surface area (TPSA) is 192 Å². The largest absolute Gasteiger partial charge is 0.496 e. The number of pyridine rings is 1. The van der Waals surface area contributed by atoms with E-state index in [0.29, 0.717) is 60.6 Å². The summed E-state index contributed by atoms with van der Waals surface area (Å²) in [7, 11) is -2.33. The molecule has 7 atom stereocenters. The van der Waals surface area contributed by atoms with Gasteiger partial charge in [0.2, 0.25) is 27.7 Å². The number of alkyl carbamates (subject to hydrolysis) is 1. The van der Waals surface area contributed by atoms with Crippen molar-refractivity contribution in [2.24, 2.45) is 17.3 Å². The number of nitrogens with zero attached hydrogens (tertiary/aromatic N) is 2. The summed E-state index contributed by atoms with van der Waals surface area (Å²) >= 11 is 0. The zero-order chi connectivity index (χ0) is 41.6. The van der Waals surface area contributed by atoms with E-state index in [1.165, 1.54) is 11.0 Å². The Morgan fingerprint density at radius 3 is 2.55 bits per heavy atom. The Morgan fingerprint density at radius 1 is 1.12 bits per heavy atom. The summed E-state index contributed by atoms with van der Waals surface area (Å²) in [4.78, 5) is 62.7. The van der Waals surface area contributed by atoms with Crippen molar-refractivity contribution in [2.45, 2.75) is 121 Å². The first kappa shape index (κ1) is 41.3. The molecule has 2 aromatic rings. The smallest absolute Gasteiger partial charge is 0.408 e. The highest BCUT2D eigenvalue weighted by molar-refractivity contribution is 7.91. The van der Waals surface area contributed by atoms with Gasteiger partial charge in [0, 0.05) is 35.4 Å². The molecule has 1 aromatic heterocycles. The molecule has 4 amide bonds. The second-order valence-corrected chi connectivity index (χ2v) is 19.2. The van der Waals surface area contributed by atoms with E-state index < -0.39 is 74.1 Å². The zero-order valence-electron chi connectivity index (χ0n) is 33.9. The Bertz CT molecular complexity index is 2110. The molecule has 0 radical (unpaired) electrons. The summed E-state index contributed by atoms with van der Waals surface area (Å²) < 4.78 is 52.2. The predicted octanol–water partition coefficient (Wildman–Crippen LogP) is 4.78. The van der Waals surface area contributed by atoms with Crippen LogP contribution in [0.3, 0.4) is 0 Å². The van der Waals surface area contributed by atoms with Gasteiger partial charge in [0.15, 0.2) is 0 Å². The highest BCUT2D eigenvalue weighted by Crippen LogP contribution is 2.46. The first-order valence-electron chi connectivity index (χ1n) is 20.3. The van der Waals surface area contributed by atoms with Gasteiger partial charge in [-0.15, -0.1) is 6.58 Å². The fourth-order valence-electron chi connectivity index (χ4n) is 8.49. The van der Waals surface area contributed by atoms with Crippen LogP contribution in [0, 0.1) is 17.3 Å². The Morgan fingerprint density at radius 2 is 1.88 bits per heavy atom. The molecule has 2 aliphatic heterocycles. The lowest BCUT2D eigenvalue weighted by Crippen LogP contribution is -2.60. The molecule has 0 unspecified atom stereocenters. The van der Waals surface area contributed by atoms with Gasteiger partial charge in [0.05, 0.1) is 31.0 Å². The number of carbonyl (C=O) groups is 4. The summed E-state index contributed by atoms with van der Waals surface area (Å²) in [6, 6.07) is 3.14. The number of hydrogen-bond acceptors (Lipinski definition) is 11. The van der Waals surface area contributed by atoms with Crippen LogP contribution in [0.2, 0.25) is 0 Å². The minimum Gasteiger partial charge on any atom is -0.496 e. The van der Waals surface area contributed by atoms with Crippen LogP contribution in [0.25, 0.3) is 17.0 Å². The number of nitrogens with one attached hydrogen (secondary N) is 3. The average Bonchev–Trinajstić information content (AvgIpc) is 4.10. The summed E-state index contributed by atoms with van der Waals surface area (Å²) in [5.74, 6) is -1.20. The maximum absolute atomic E-state index is 14.8. The van der Waals surface area contributed by atoms with Crippen molar-refractivity contribution in [1.29, 1.82) is 0 Å². The van der Waals surface area contributed by atoms with Gasteiger partial charge in [-0.1, -0.05) is 45.4 Å². The van der Waals surface area contributed by atoms with E-state index in [9.17, 15) is 27.6 Å². The molecule has 15 nitrogen and oxygen atoms in total. The van der Waals surface area contributed by atoms with Gasteiger partial charge in [0.25, 0.3) is 5.91 Å². The fourth-order valence-corrected chi connectivity index (χ4v) is 9.85. The molecule has 3 N–H and O–H groups in total. The molecule has 4 bridgehead atoms. The van der Waals surface area contributed by atoms with Crippen LogP contribution in [0.5, 0.6) is 17.4 Å². The van der Waals surface area contributed by atoms with E-state index in [2.05, 4.69) is 28.0 Å². The molecular weight excluding hydrogens is 767 g/mol. The van der Waals surface area contributed by atoms with Crippen LogP contribution in [-0.2, 0) is 29.1 Å². The molecule has 16 heteroatoms. The van der Waals surface area contributed by atoms with Crippen LogP contribution >= 0.6 is 0 Å². The highest BCUT2D eigenvalue weighted by atomic mass is 32.2. The second kappa shape index (κ2) is 16.1. The van der Waals surface area contributed by atoms with Crippen LogP contribution in [0.1, 0.15) is 91.0 Å². The van der Waals surface area contributed by atoms with Gasteiger partial charge in [-0.05, 0) is 69.3 Å². The van der Waals surface area contributed by atoms with Crippen LogP contribution in [-0.4, -0.2) is 97.5 Å². The van der Waals surface area contributed by atoms with Crippen molar-refractivity contribution in [3.8, 4) is 17.4 Å². The van der Waals surface area contributed by atoms with E-state index in [1.54, 1.807) is 13.2 Å². The number of allylic oxidation sites excluding steroid dienone is 1. The van der Waals surface area contributed by atoms with E-state index in [1.807, 2.05) is 45.9 Å². The van der Waals surface area contributed by atoms with Gasteiger partial charge >= 0.3 is 6.09 Å². The fraction of sp³-hybridized carbons (Fsp3) is 0.595. The third-order valence-corrected chi connectivity index (χ3v) is 13.8. The molecule has 3 saturated carbocycles. The first-order valence-corrected chi connectivity index (χ1v) is 21.9. The van der Waals surface area contributed by atoms with Crippen LogP contribution < -0.4 is 29.6 Å². The first-order chi connectivity index (χ1) is 27.6. The standard InChI is InChI=1S/C42H55N5O10S/c1-7-26-22-42(26,39(50)46-58(52,53)28-16-17-28)45-37(48)31-19-27-23-47(31)38(49)36(41(3,4)5)44-40(51)57-32-15-10-9-12-24(32)13-11-14-25-18-29-30(20-33(25)54-6)43-35(55-8-2)21-34(29)56-27/h7,11,14,18,20-21,24,26-28,31-32,36H,1,8-10,12-13,15-17,19,22-23H2,2-6H3,(H,44,51)(H,45,48)(H,46,50)/b14-11+/t24-,26+,27-,31+,32+,36-,42+/m1/s1. The number of amides is 4. The zero-order valence-corrected chi connectivity index (χ0v) is 34.7. The van der Waals surface area contributed by atoms with Crippen LogP contribution in [0.4, 0.5) is 4.79 Å². The molecule has 0 spiro atoms. The molecule has 3 aliphatic carbocycles. The number of rotatable bonds is 9. The molecule has 3 heterocycles. The van der Waals surface area contributed by atoms with Crippen molar-refractivity contribution in [2.75, 3.05) is 20.3 Å². The maximum atomic E-state index is 14.8. The van der Waals surface area contributed by atoms with Gasteiger partial charge in [0.1, 0.15) is 41.3 Å². The Hall–Kier alpha value is -4.86. The predicted molar refractivity (Wildman–Crippen MR) is 216 cm³/mol. The average molecular weight is 822 g/mol. The SMILES string of the molecule is C=C[C@H]1C[C@@]1(NC(=O)[C@@H]1C[C@@H]2CN1C(=O)[C@H](C(C)(C)C)NC(=O)O[C@H]1CCCC[C@@H]1C/C=C/c1cc3c(cc(OCC)nc3cc1OC)O2)C(=O)NS(=O)(=O)C1CC1. The lowest BCUT2D eigenvalue weighted by molar-refractivity contribution is -0.143. The summed E-state index contributed by atoms with van der Waals surface area (Å²) in [6.45, 7) is 11.4. The third-order valence-electron chi connectivity index (χ3n) is 12.0. The minimum atomic E-state index is -3.92. The maximum Gasteiger partial charge on any atom is 0.408 e. The number of methoxy groups -OCH3 is 1. The van der Waals surface area contributed by atoms with Crippen molar-refractivity contribution in [3.05, 3.63) is 42.5 Å². The van der Waals surface area contributed by atoms with Crippen molar-refractivity contribution in [1.82, 2.24) is 25.2 Å². The van der Waals surface area contributed by atoms with Gasteiger partial charge in [-0.2, -0.15) is 0 Å². The quantitative estimate of drug-likeness (QED) is 0.295. The molecular formula is C42H55N5O10S. The Labute approximate surface area is 339 Å². The number of carbonyl (C=O) groups excluding carboxylic acids is 4. The minimum absolute atomic E-state index is 0.0101. The van der Waals surface area contributed by atoms with Gasteiger partial charge in [-0.25, -0.2) is 18.2 Å². The Balaban J connectivity index is 1.28. The summed E-state index contributed by atoms with van der Waals surface area (Å²) in [5.41, 5.74) is -1.06. The molecule has 5 aliphatic rings. The number of fused-ring (bicyclic) bond motifs is 4. The monoisotopic (exact) mass is 821 g/mol. The van der Waals surface area contributed by atoms with Crippen molar-refractivity contribution in [3.63, 3.8) is 0 Å². The van der Waals surface area contributed by atoms with E-state index in [-0.39, 0.29) is 31.4 Å². The highest BCUT2D eigenvalue weighted by Gasteiger charge is 2.62. The molecule has 58 heavy (non-hydrogen) atoms. The van der Waals surface area contributed by atoms with Crippen molar-refractivity contribution >= 4 is 50.8 Å². The number of benzene rings is 1. The van der Waals surface area contributed by atoms with E-state index in [0.717, 1.165) is 24.8 Å². The number of sulfonamides is 1. The second-order valence-electron chi connectivity index (χ2n) is 17.2. The lowest BCUT2D eigenvalue weighted by atomic mass is 9.84. The van der Waals surface area contributed by atoms with Gasteiger partial charge in [-0.3, -0.25) is 19.1 Å². The lowest BCUT2D eigenvalue weighted by Gasteiger charge is -2.36. The molecule has 314 valence electrons. The molecule has 7 rings (SSSR count). The van der Waals surface area contributed by atoms with E-state index in [4.69, 9.17) is 23.9 Å². The number of ether oxygens (including phenoxy) is 4. The van der Waals surface area contributed by atoms with Gasteiger partial charge < -0.3 is 34.5 Å². The normalized spacial score (nSPS) is 29.4. The van der Waals surface area contributed by atoms with E-state index >= 15 is 0 Å². The summed E-state index contributed by atoms with van der Waals surface area (Å²) in [6.07, 6.45) is 8.88. The summed E-state index contributed by atoms with van der Waals surface area (Å²) in [5, 5.41) is 5.69. The van der Waals surface area contributed by atoms with Crippen LogP contribution in [0.15, 0.2) is 36.9 Å². The molecule has 1 saturated heterocycles. The Kier molecular flexibility index (Phi) is 11.4. The molecule has 4 fully saturated rings. The number of hydrogen-bond donors (Lipinski definition) is 3. The van der Waals surface area contributed by atoms with Crippen molar-refractivity contribution < 1.29 is 46.5 Å². The third kappa shape index (κ3) is 8.48.